The van der Waals surface area contributed by atoms with Gasteiger partial charge in [-0.2, -0.15) is 0 Å². The van der Waals surface area contributed by atoms with Crippen molar-refractivity contribution in [2.24, 2.45) is 0 Å². The van der Waals surface area contributed by atoms with E-state index >= 15 is 0 Å². The highest BCUT2D eigenvalue weighted by Crippen LogP contribution is 2.32. The van der Waals surface area contributed by atoms with Gasteiger partial charge in [-0.15, -0.1) is 0 Å². The SMILES string of the molecule is CCCCCCN1C(=O)C(c2ccc(NC(C)=O)cc2)=C(N(C)CCO)C1=O. The number of hydrogen-bond acceptors (Lipinski definition) is 5. The van der Waals surface area contributed by atoms with E-state index in [2.05, 4.69) is 12.2 Å². The summed E-state index contributed by atoms with van der Waals surface area (Å²) in [6.07, 6.45) is 3.89. The number of imide groups is 1. The van der Waals surface area contributed by atoms with E-state index in [1.54, 1.807) is 36.2 Å². The minimum atomic E-state index is -0.321. The molecule has 2 N–H and O–H groups in total. The number of likely N-dealkylation sites (N-methyl/N-ethyl adjacent to an activating group) is 1. The van der Waals surface area contributed by atoms with Crippen molar-refractivity contribution < 1.29 is 19.5 Å². The van der Waals surface area contributed by atoms with Crippen molar-refractivity contribution in [1.82, 2.24) is 9.80 Å². The molecule has 1 aliphatic rings. The van der Waals surface area contributed by atoms with Crippen molar-refractivity contribution in [3.8, 4) is 0 Å². The molecule has 0 bridgehead atoms. The Hall–Kier alpha value is -2.67. The fourth-order valence-corrected chi connectivity index (χ4v) is 3.26. The maximum Gasteiger partial charge on any atom is 0.277 e. The second-order valence-corrected chi connectivity index (χ2v) is 6.95. The third-order valence-corrected chi connectivity index (χ3v) is 4.69. The molecule has 0 fully saturated rings. The summed E-state index contributed by atoms with van der Waals surface area (Å²) in [5, 5.41) is 12.0. The van der Waals surface area contributed by atoms with E-state index < -0.39 is 0 Å². The molecule has 0 atom stereocenters. The summed E-state index contributed by atoms with van der Waals surface area (Å²) in [5.74, 6) is -0.812. The van der Waals surface area contributed by atoms with Crippen LogP contribution in [0.3, 0.4) is 0 Å². The number of unbranched alkanes of at least 4 members (excludes halogenated alkanes) is 3. The molecule has 1 aliphatic heterocycles. The van der Waals surface area contributed by atoms with Crippen LogP contribution in [0.1, 0.15) is 45.1 Å². The fraction of sp³-hybridized carbons (Fsp3) is 0.476. The first-order valence-electron chi connectivity index (χ1n) is 9.71. The number of nitrogens with zero attached hydrogens (tertiary/aromatic N) is 2. The van der Waals surface area contributed by atoms with Crippen LogP contribution in [0.15, 0.2) is 30.0 Å². The second kappa shape index (κ2) is 10.0. The van der Waals surface area contributed by atoms with Crippen LogP contribution in [0.25, 0.3) is 5.57 Å². The van der Waals surface area contributed by atoms with Gasteiger partial charge in [0.15, 0.2) is 0 Å². The number of hydrogen-bond donors (Lipinski definition) is 2. The molecular formula is C21H29N3O4. The number of anilines is 1. The van der Waals surface area contributed by atoms with Gasteiger partial charge in [0.05, 0.1) is 12.2 Å². The average molecular weight is 387 g/mol. The van der Waals surface area contributed by atoms with E-state index in [-0.39, 0.29) is 30.9 Å². The number of benzene rings is 1. The first-order chi connectivity index (χ1) is 13.4. The molecule has 7 heteroatoms. The minimum absolute atomic E-state index is 0.118. The maximum atomic E-state index is 13.1. The summed E-state index contributed by atoms with van der Waals surface area (Å²) >= 11 is 0. The van der Waals surface area contributed by atoms with Crippen molar-refractivity contribution in [1.29, 1.82) is 0 Å². The molecule has 0 radical (unpaired) electrons. The third-order valence-electron chi connectivity index (χ3n) is 4.69. The van der Waals surface area contributed by atoms with E-state index in [1.165, 1.54) is 11.8 Å². The van der Waals surface area contributed by atoms with Gasteiger partial charge in [-0.05, 0) is 24.1 Å². The van der Waals surface area contributed by atoms with Gasteiger partial charge in [0, 0.05) is 32.7 Å². The van der Waals surface area contributed by atoms with E-state index in [0.717, 1.165) is 25.7 Å². The largest absolute Gasteiger partial charge is 0.395 e. The molecule has 3 amide bonds. The zero-order valence-corrected chi connectivity index (χ0v) is 16.8. The van der Waals surface area contributed by atoms with Gasteiger partial charge in [0.25, 0.3) is 11.8 Å². The molecule has 7 nitrogen and oxygen atoms in total. The first kappa shape index (κ1) is 21.6. The standard InChI is InChI=1S/C21H29N3O4/c1-4-5-6-7-12-24-20(27)18(19(21(24)28)23(3)13-14-25)16-8-10-17(11-9-16)22-15(2)26/h8-11,25H,4-7,12-14H2,1-3H3,(H,22,26). The molecule has 28 heavy (non-hydrogen) atoms. The van der Waals surface area contributed by atoms with Crippen molar-refractivity contribution in [2.75, 3.05) is 32.1 Å². The monoisotopic (exact) mass is 387 g/mol. The smallest absolute Gasteiger partial charge is 0.277 e. The normalized spacial score (nSPS) is 14.1. The lowest BCUT2D eigenvalue weighted by molar-refractivity contribution is -0.137. The van der Waals surface area contributed by atoms with E-state index in [1.807, 2.05) is 0 Å². The quantitative estimate of drug-likeness (QED) is 0.475. The molecular weight excluding hydrogens is 358 g/mol. The molecule has 1 heterocycles. The maximum absolute atomic E-state index is 13.1. The lowest BCUT2D eigenvalue weighted by Crippen LogP contribution is -2.35. The molecule has 2 rings (SSSR count). The Balaban J connectivity index is 2.33. The van der Waals surface area contributed by atoms with Gasteiger partial charge >= 0.3 is 0 Å². The van der Waals surface area contributed by atoms with Gasteiger partial charge in [-0.3, -0.25) is 19.3 Å². The predicted octanol–water partition coefficient (Wildman–Crippen LogP) is 2.23. The van der Waals surface area contributed by atoms with Crippen LogP contribution in [0.2, 0.25) is 0 Å². The molecule has 0 saturated heterocycles. The fourth-order valence-electron chi connectivity index (χ4n) is 3.26. The molecule has 0 aliphatic carbocycles. The Morgan fingerprint density at radius 2 is 1.79 bits per heavy atom. The van der Waals surface area contributed by atoms with E-state index in [9.17, 15) is 19.5 Å². The van der Waals surface area contributed by atoms with E-state index in [4.69, 9.17) is 0 Å². The second-order valence-electron chi connectivity index (χ2n) is 6.95. The van der Waals surface area contributed by atoms with Crippen LogP contribution in [0.5, 0.6) is 0 Å². The molecule has 1 aromatic rings. The molecule has 152 valence electrons. The van der Waals surface area contributed by atoms with E-state index in [0.29, 0.717) is 29.1 Å². The molecule has 1 aromatic carbocycles. The first-order valence-corrected chi connectivity index (χ1v) is 9.71. The predicted molar refractivity (Wildman–Crippen MR) is 108 cm³/mol. The Kier molecular flexibility index (Phi) is 7.75. The van der Waals surface area contributed by atoms with Crippen LogP contribution < -0.4 is 5.32 Å². The number of amides is 3. The van der Waals surface area contributed by atoms with Crippen LogP contribution >= 0.6 is 0 Å². The zero-order chi connectivity index (χ0) is 20.7. The third kappa shape index (κ3) is 4.98. The summed E-state index contributed by atoms with van der Waals surface area (Å²) in [7, 11) is 1.70. The van der Waals surface area contributed by atoms with Crippen LogP contribution in [0, 0.1) is 0 Å². The Labute approximate surface area is 166 Å². The molecule has 0 unspecified atom stereocenters. The van der Waals surface area contributed by atoms with Crippen molar-refractivity contribution in [3.05, 3.63) is 35.5 Å². The summed E-state index contributed by atoms with van der Waals surface area (Å²) in [6, 6.07) is 6.85. The number of carbonyl (C=O) groups excluding carboxylic acids is 3. The van der Waals surface area contributed by atoms with Gasteiger partial charge < -0.3 is 15.3 Å². The zero-order valence-electron chi connectivity index (χ0n) is 16.8. The number of aliphatic hydroxyl groups excluding tert-OH is 1. The van der Waals surface area contributed by atoms with Gasteiger partial charge in [-0.25, -0.2) is 0 Å². The highest BCUT2D eigenvalue weighted by atomic mass is 16.3. The Morgan fingerprint density at radius 1 is 1.11 bits per heavy atom. The number of carbonyl (C=O) groups is 3. The average Bonchev–Trinajstić information content (AvgIpc) is 2.90. The van der Waals surface area contributed by atoms with Crippen LogP contribution in [0.4, 0.5) is 5.69 Å². The summed E-state index contributed by atoms with van der Waals surface area (Å²) in [6.45, 7) is 4.06. The topological polar surface area (TPSA) is 90.0 Å². The Morgan fingerprint density at radius 3 is 2.36 bits per heavy atom. The molecule has 0 spiro atoms. The summed E-state index contributed by atoms with van der Waals surface area (Å²) < 4.78 is 0. The highest BCUT2D eigenvalue weighted by Gasteiger charge is 2.40. The lowest BCUT2D eigenvalue weighted by Gasteiger charge is -2.20. The Bertz CT molecular complexity index is 755. The van der Waals surface area contributed by atoms with Crippen LogP contribution in [-0.4, -0.2) is 59.4 Å². The van der Waals surface area contributed by atoms with Crippen LogP contribution in [-0.2, 0) is 14.4 Å². The summed E-state index contributed by atoms with van der Waals surface area (Å²) in [5.41, 5.74) is 1.88. The van der Waals surface area contributed by atoms with Gasteiger partial charge in [0.2, 0.25) is 5.91 Å². The number of nitrogens with one attached hydrogen (secondary N) is 1. The highest BCUT2D eigenvalue weighted by molar-refractivity contribution is 6.35. The molecule has 0 saturated carbocycles. The molecule has 0 aromatic heterocycles. The van der Waals surface area contributed by atoms with Gasteiger partial charge in [0.1, 0.15) is 5.70 Å². The van der Waals surface area contributed by atoms with Crippen molar-refractivity contribution in [2.45, 2.75) is 39.5 Å². The number of rotatable bonds is 10. The summed E-state index contributed by atoms with van der Waals surface area (Å²) in [4.78, 5) is 40.1. The van der Waals surface area contributed by atoms with Crippen molar-refractivity contribution >= 4 is 29.0 Å². The minimum Gasteiger partial charge on any atom is -0.395 e. The lowest BCUT2D eigenvalue weighted by atomic mass is 10.0. The van der Waals surface area contributed by atoms with Gasteiger partial charge in [-0.1, -0.05) is 38.3 Å². The number of aliphatic hydroxyl groups is 1. The van der Waals surface area contributed by atoms with Crippen molar-refractivity contribution in [3.63, 3.8) is 0 Å².